The highest BCUT2D eigenvalue weighted by Crippen LogP contribution is 2.29. The molecule has 1 heterocycles. The molecular weight excluding hydrogens is 247 g/mol. The number of carbonyl (C=O) groups is 1. The second-order valence-electron chi connectivity index (χ2n) is 3.33. The fourth-order valence-corrected chi connectivity index (χ4v) is 1.14. The first kappa shape index (κ1) is 13.9. The number of hydrogen-bond acceptors (Lipinski definition) is 4. The number of carbonyl (C=O) groups excluding carboxylic acids is 1. The minimum absolute atomic E-state index is 0.114. The van der Waals surface area contributed by atoms with Crippen LogP contribution >= 0.6 is 0 Å². The Kier molecular flexibility index (Phi) is 3.85. The van der Waals surface area contributed by atoms with Gasteiger partial charge in [-0.3, -0.25) is 4.79 Å². The Morgan fingerprint density at radius 3 is 2.50 bits per heavy atom. The molecule has 0 saturated heterocycles. The predicted molar refractivity (Wildman–Crippen MR) is 61.1 cm³/mol. The molecule has 0 aromatic carbocycles. The van der Waals surface area contributed by atoms with Crippen LogP contribution < -0.4 is 5.01 Å². The summed E-state index contributed by atoms with van der Waals surface area (Å²) >= 11 is 0. The quantitative estimate of drug-likeness (QED) is 0.473. The van der Waals surface area contributed by atoms with Crippen LogP contribution in [0.1, 0.15) is 12.6 Å². The normalized spacial score (nSPS) is 10.9. The maximum absolute atomic E-state index is 12.5. The topological polar surface area (TPSA) is 45.6 Å². The van der Waals surface area contributed by atoms with E-state index >= 15 is 0 Å². The number of anilines is 1. The standard InChI is InChI=1S/C11H10F3N3O/c1-7(8(2)18)17(15-3)10-6-4-5-9(16-10)11(12,13)14/h4-6H,1,3H2,2H3. The van der Waals surface area contributed by atoms with Crippen LogP contribution in [0.2, 0.25) is 0 Å². The van der Waals surface area contributed by atoms with Crippen LogP contribution in [-0.4, -0.2) is 17.5 Å². The summed E-state index contributed by atoms with van der Waals surface area (Å²) < 4.78 is 37.4. The van der Waals surface area contributed by atoms with Gasteiger partial charge in [-0.1, -0.05) is 12.6 Å². The van der Waals surface area contributed by atoms with Crippen LogP contribution in [-0.2, 0) is 11.0 Å². The number of alkyl halides is 3. The third-order valence-electron chi connectivity index (χ3n) is 2.05. The first-order chi connectivity index (χ1) is 8.27. The molecule has 0 amide bonds. The van der Waals surface area contributed by atoms with Crippen molar-refractivity contribution in [3.05, 3.63) is 36.2 Å². The first-order valence-electron chi connectivity index (χ1n) is 4.78. The zero-order valence-electron chi connectivity index (χ0n) is 9.53. The van der Waals surface area contributed by atoms with Crippen molar-refractivity contribution in [2.75, 3.05) is 5.01 Å². The monoisotopic (exact) mass is 257 g/mol. The van der Waals surface area contributed by atoms with E-state index in [4.69, 9.17) is 0 Å². The highest BCUT2D eigenvalue weighted by Gasteiger charge is 2.33. The fourth-order valence-electron chi connectivity index (χ4n) is 1.14. The van der Waals surface area contributed by atoms with Crippen LogP contribution in [0.5, 0.6) is 0 Å². The van der Waals surface area contributed by atoms with Crippen molar-refractivity contribution in [3.8, 4) is 0 Å². The summed E-state index contributed by atoms with van der Waals surface area (Å²) in [5.41, 5.74) is -1.19. The molecule has 1 rings (SSSR count). The Bertz CT molecular complexity index is 497. The highest BCUT2D eigenvalue weighted by molar-refractivity contribution is 5.95. The molecule has 4 nitrogen and oxygen atoms in total. The Labute approximate surface area is 101 Å². The summed E-state index contributed by atoms with van der Waals surface area (Å²) in [6.45, 7) is 7.81. The van der Waals surface area contributed by atoms with Gasteiger partial charge in [0, 0.05) is 13.6 Å². The number of halogens is 3. The summed E-state index contributed by atoms with van der Waals surface area (Å²) in [6, 6.07) is 3.26. The Hall–Kier alpha value is -2.18. The summed E-state index contributed by atoms with van der Waals surface area (Å²) in [4.78, 5) is 14.5. The number of hydrogen-bond donors (Lipinski definition) is 0. The van der Waals surface area contributed by atoms with Crippen LogP contribution in [0.25, 0.3) is 0 Å². The van der Waals surface area contributed by atoms with Crippen molar-refractivity contribution in [1.82, 2.24) is 4.98 Å². The molecule has 18 heavy (non-hydrogen) atoms. The Morgan fingerprint density at radius 1 is 1.44 bits per heavy atom. The van der Waals surface area contributed by atoms with E-state index in [9.17, 15) is 18.0 Å². The minimum atomic E-state index is -4.57. The molecule has 1 aromatic rings. The molecule has 0 aliphatic carbocycles. The molecule has 0 fully saturated rings. The average molecular weight is 257 g/mol. The third kappa shape index (κ3) is 2.93. The van der Waals surface area contributed by atoms with Crippen molar-refractivity contribution >= 4 is 18.3 Å². The maximum Gasteiger partial charge on any atom is 0.433 e. The molecule has 7 heteroatoms. The lowest BCUT2D eigenvalue weighted by Crippen LogP contribution is -2.21. The van der Waals surface area contributed by atoms with Crippen molar-refractivity contribution in [2.24, 2.45) is 5.10 Å². The number of ketones is 1. The van der Waals surface area contributed by atoms with Crippen molar-refractivity contribution in [1.29, 1.82) is 0 Å². The lowest BCUT2D eigenvalue weighted by atomic mass is 10.3. The van der Waals surface area contributed by atoms with Gasteiger partial charge in [0.15, 0.2) is 11.6 Å². The second-order valence-corrected chi connectivity index (χ2v) is 3.33. The predicted octanol–water partition coefficient (Wildman–Crippen LogP) is 2.63. The first-order valence-corrected chi connectivity index (χ1v) is 4.78. The van der Waals surface area contributed by atoms with Crippen LogP contribution in [0, 0.1) is 0 Å². The van der Waals surface area contributed by atoms with Gasteiger partial charge < -0.3 is 0 Å². The number of aromatic nitrogens is 1. The van der Waals surface area contributed by atoms with Gasteiger partial charge in [-0.15, -0.1) is 0 Å². The van der Waals surface area contributed by atoms with E-state index < -0.39 is 17.7 Å². The lowest BCUT2D eigenvalue weighted by molar-refractivity contribution is -0.141. The largest absolute Gasteiger partial charge is 0.433 e. The van der Waals surface area contributed by atoms with E-state index in [-0.39, 0.29) is 11.5 Å². The van der Waals surface area contributed by atoms with Crippen molar-refractivity contribution < 1.29 is 18.0 Å². The van der Waals surface area contributed by atoms with Crippen LogP contribution in [0.15, 0.2) is 35.6 Å². The maximum atomic E-state index is 12.5. The average Bonchev–Trinajstić information content (AvgIpc) is 2.29. The second kappa shape index (κ2) is 4.99. The SMILES string of the molecule is C=NN(C(=C)C(C)=O)c1cccc(C(F)(F)F)n1. The highest BCUT2D eigenvalue weighted by atomic mass is 19.4. The lowest BCUT2D eigenvalue weighted by Gasteiger charge is -2.18. The van der Waals surface area contributed by atoms with Gasteiger partial charge in [0.25, 0.3) is 0 Å². The molecular formula is C11H10F3N3O. The zero-order chi connectivity index (χ0) is 13.9. The summed E-state index contributed by atoms with van der Waals surface area (Å²) in [6.07, 6.45) is -4.57. The molecule has 0 N–H and O–H groups in total. The molecule has 0 aliphatic rings. The summed E-state index contributed by atoms with van der Waals surface area (Å²) in [5.74, 6) is -0.610. The number of hydrazone groups is 1. The third-order valence-corrected chi connectivity index (χ3v) is 2.05. The molecule has 0 bridgehead atoms. The molecule has 0 spiro atoms. The Morgan fingerprint density at radius 2 is 2.06 bits per heavy atom. The zero-order valence-corrected chi connectivity index (χ0v) is 9.53. The van der Waals surface area contributed by atoms with Gasteiger partial charge in [0.1, 0.15) is 11.4 Å². The van der Waals surface area contributed by atoms with E-state index in [1.807, 2.05) is 0 Å². The molecule has 0 unspecified atom stereocenters. The van der Waals surface area contributed by atoms with Crippen molar-refractivity contribution in [3.63, 3.8) is 0 Å². The molecule has 1 aromatic heterocycles. The van der Waals surface area contributed by atoms with Gasteiger partial charge in [0.2, 0.25) is 0 Å². The van der Waals surface area contributed by atoms with E-state index in [0.717, 1.165) is 17.1 Å². The summed E-state index contributed by atoms with van der Waals surface area (Å²) in [7, 11) is 0. The Balaban J connectivity index is 3.20. The molecule has 0 aliphatic heterocycles. The number of rotatable bonds is 4. The van der Waals surface area contributed by atoms with E-state index in [0.29, 0.717) is 0 Å². The number of pyridine rings is 1. The van der Waals surface area contributed by atoms with Crippen molar-refractivity contribution in [2.45, 2.75) is 13.1 Å². The van der Waals surface area contributed by atoms with Crippen LogP contribution in [0.3, 0.4) is 0 Å². The van der Waals surface area contributed by atoms with Gasteiger partial charge in [-0.2, -0.15) is 18.3 Å². The molecule has 0 saturated carbocycles. The molecule has 0 radical (unpaired) electrons. The number of allylic oxidation sites excluding steroid dienone is 1. The molecule has 96 valence electrons. The summed E-state index contributed by atoms with van der Waals surface area (Å²) in [5, 5.41) is 4.29. The van der Waals surface area contributed by atoms with E-state index in [2.05, 4.69) is 23.4 Å². The minimum Gasteiger partial charge on any atom is -0.293 e. The van der Waals surface area contributed by atoms with Gasteiger partial charge in [-0.05, 0) is 12.1 Å². The van der Waals surface area contributed by atoms with Gasteiger partial charge >= 0.3 is 6.18 Å². The van der Waals surface area contributed by atoms with E-state index in [1.165, 1.54) is 13.0 Å². The molecule has 0 atom stereocenters. The van der Waals surface area contributed by atoms with Crippen LogP contribution in [0.4, 0.5) is 19.0 Å². The van der Waals surface area contributed by atoms with E-state index in [1.54, 1.807) is 0 Å². The fraction of sp³-hybridized carbons (Fsp3) is 0.182. The smallest absolute Gasteiger partial charge is 0.293 e. The van der Waals surface area contributed by atoms with Gasteiger partial charge in [0.05, 0.1) is 0 Å². The number of nitrogens with zero attached hydrogens (tertiary/aromatic N) is 3. The van der Waals surface area contributed by atoms with Gasteiger partial charge in [-0.25, -0.2) is 9.99 Å². The number of Topliss-reactive ketones (excluding diaryl/α,β-unsaturated/α-hetero) is 1.